The highest BCUT2D eigenvalue weighted by molar-refractivity contribution is 7.80. The number of hydrogen-bond acceptors (Lipinski definition) is 7. The first-order chi connectivity index (χ1) is 23.2. The second-order valence-corrected chi connectivity index (χ2v) is 11.2. The molecule has 0 spiro atoms. The van der Waals surface area contributed by atoms with Gasteiger partial charge in [0.05, 0.1) is 26.9 Å². The Bertz CT molecular complexity index is 1620. The lowest BCUT2D eigenvalue weighted by Gasteiger charge is -2.20. The van der Waals surface area contributed by atoms with Crippen molar-refractivity contribution in [1.82, 2.24) is 10.9 Å². The number of nitrogens with two attached hydrogens (primary N) is 1. The average molecular weight is 710 g/mol. The van der Waals surface area contributed by atoms with Crippen LogP contribution in [0.3, 0.4) is 0 Å². The highest BCUT2D eigenvalue weighted by atomic mass is 32.1. The molecule has 0 aromatic heterocycles. The lowest BCUT2D eigenvalue weighted by molar-refractivity contribution is -0.360. The number of nitrogens with one attached hydrogen (secondary N) is 4. The molecule has 1 saturated heterocycles. The average Bonchev–Trinajstić information content (AvgIpc) is 3.58. The quantitative estimate of drug-likeness (QED) is 0.0510. The van der Waals surface area contributed by atoms with Gasteiger partial charge in [-0.3, -0.25) is 5.43 Å². The minimum atomic E-state index is -5.87. The van der Waals surface area contributed by atoms with Gasteiger partial charge in [0.2, 0.25) is 5.96 Å². The standard InChI is InChI=1S/C32H36F5N7O4S/c1-19(2)25-13-12-24(45-3)16-26(25)42-30(49)44-40-17-20-4-6-21(7-5-20)28(38)43-29(39-18-27-46-14-15-47-27)41-22-8-10-23(11-9-22)48-32(36,37)31(33,34)35/h4-13,16,19,27,40H,14-15,17-18H2,1-3H3,(H2,42,44,49)(H3,38,39,41,43). The molecule has 264 valence electrons. The summed E-state index contributed by atoms with van der Waals surface area (Å²) in [7, 11) is 1.60. The normalized spacial score (nSPS) is 14.6. The molecule has 17 heteroatoms. The third-order valence-electron chi connectivity index (χ3n) is 6.87. The number of nitrogens with zero attached hydrogens (tertiary/aromatic N) is 2. The predicted molar refractivity (Wildman–Crippen MR) is 180 cm³/mol. The smallest absolute Gasteiger partial charge is 0.497 e. The lowest BCUT2D eigenvalue weighted by atomic mass is 10.0. The van der Waals surface area contributed by atoms with Crippen LogP contribution < -0.4 is 36.7 Å². The molecule has 0 bridgehead atoms. The van der Waals surface area contributed by atoms with Gasteiger partial charge in [0.25, 0.3) is 0 Å². The molecule has 49 heavy (non-hydrogen) atoms. The first kappa shape index (κ1) is 37.2. The summed E-state index contributed by atoms with van der Waals surface area (Å²) in [6.45, 7) is 5.45. The molecule has 3 aromatic rings. The number of halogens is 5. The Kier molecular flexibility index (Phi) is 12.7. The van der Waals surface area contributed by atoms with Crippen molar-refractivity contribution in [2.24, 2.45) is 15.7 Å². The van der Waals surface area contributed by atoms with Gasteiger partial charge in [-0.05, 0) is 59.6 Å². The predicted octanol–water partition coefficient (Wildman–Crippen LogP) is 5.89. The number of alkyl halides is 5. The van der Waals surface area contributed by atoms with Gasteiger partial charge in [-0.1, -0.05) is 44.2 Å². The number of ether oxygens (including phenoxy) is 4. The summed E-state index contributed by atoms with van der Waals surface area (Å²) in [5.41, 5.74) is 16.0. The molecular formula is C32H36F5N7O4S. The Morgan fingerprint density at radius 3 is 2.22 bits per heavy atom. The number of rotatable bonds is 12. The Balaban J connectivity index is 1.37. The van der Waals surface area contributed by atoms with Crippen LogP contribution in [0.15, 0.2) is 76.7 Å². The number of amidine groups is 1. The fourth-order valence-corrected chi connectivity index (χ4v) is 4.53. The third-order valence-corrected chi connectivity index (χ3v) is 7.07. The van der Waals surface area contributed by atoms with Crippen LogP contribution in [0.5, 0.6) is 11.5 Å². The summed E-state index contributed by atoms with van der Waals surface area (Å²) in [6, 6.07) is 17.3. The number of anilines is 2. The number of methoxy groups -OCH3 is 1. The topological polar surface area (TPSA) is 136 Å². The molecule has 1 fully saturated rings. The molecule has 0 unspecified atom stereocenters. The molecule has 0 saturated carbocycles. The largest absolute Gasteiger partial charge is 0.499 e. The van der Waals surface area contributed by atoms with Crippen LogP contribution in [-0.4, -0.2) is 62.4 Å². The van der Waals surface area contributed by atoms with Crippen LogP contribution >= 0.6 is 12.2 Å². The fraction of sp³-hybridized carbons (Fsp3) is 0.344. The van der Waals surface area contributed by atoms with Crippen LogP contribution in [0.25, 0.3) is 0 Å². The summed E-state index contributed by atoms with van der Waals surface area (Å²) in [5, 5.41) is 6.44. The molecule has 6 N–H and O–H groups in total. The maximum absolute atomic E-state index is 13.3. The van der Waals surface area contributed by atoms with Crippen LogP contribution in [0.1, 0.15) is 36.5 Å². The molecule has 0 amide bonds. The van der Waals surface area contributed by atoms with Crippen molar-refractivity contribution >= 4 is 40.5 Å². The first-order valence-corrected chi connectivity index (χ1v) is 15.3. The second-order valence-electron chi connectivity index (χ2n) is 10.8. The maximum atomic E-state index is 13.3. The SMILES string of the molecule is COc1ccc(C(C)C)c(NC(=S)NNCc2ccc(C(N)=NC(=NCC3OCCO3)Nc3ccc(OC(F)(F)C(F)(F)F)cc3)cc2)c1. The van der Waals surface area contributed by atoms with Crippen molar-refractivity contribution in [2.75, 3.05) is 37.5 Å². The zero-order valence-electron chi connectivity index (χ0n) is 26.7. The highest BCUT2D eigenvalue weighted by Crippen LogP contribution is 2.37. The van der Waals surface area contributed by atoms with Gasteiger partial charge in [0.1, 0.15) is 17.3 Å². The minimum absolute atomic E-state index is 0.0125. The summed E-state index contributed by atoms with van der Waals surface area (Å²) < 4.78 is 84.0. The van der Waals surface area contributed by atoms with Gasteiger partial charge in [0.15, 0.2) is 11.4 Å². The molecule has 11 nitrogen and oxygen atoms in total. The van der Waals surface area contributed by atoms with Gasteiger partial charge in [-0.15, -0.1) is 0 Å². The zero-order valence-corrected chi connectivity index (χ0v) is 27.6. The van der Waals surface area contributed by atoms with E-state index in [1.165, 1.54) is 12.1 Å². The Morgan fingerprint density at radius 2 is 1.61 bits per heavy atom. The molecule has 1 aliphatic heterocycles. The highest BCUT2D eigenvalue weighted by Gasteiger charge is 2.61. The van der Waals surface area contributed by atoms with E-state index in [1.807, 2.05) is 30.3 Å². The molecule has 0 radical (unpaired) electrons. The van der Waals surface area contributed by atoms with Crippen molar-refractivity contribution in [1.29, 1.82) is 0 Å². The lowest BCUT2D eigenvalue weighted by Crippen LogP contribution is -2.41. The summed E-state index contributed by atoms with van der Waals surface area (Å²) >= 11 is 5.45. The number of hydrazine groups is 1. The number of thiocarbonyl (C=S) groups is 1. The van der Waals surface area contributed by atoms with Crippen LogP contribution in [0.4, 0.5) is 33.3 Å². The Labute approximate surface area is 285 Å². The molecule has 0 aliphatic carbocycles. The third kappa shape index (κ3) is 11.0. The van der Waals surface area contributed by atoms with Gasteiger partial charge in [-0.25, -0.2) is 10.4 Å². The van der Waals surface area contributed by atoms with Crippen molar-refractivity contribution in [3.63, 3.8) is 0 Å². The van der Waals surface area contributed by atoms with E-state index in [0.717, 1.165) is 28.9 Å². The number of benzene rings is 3. The van der Waals surface area contributed by atoms with Gasteiger partial charge >= 0.3 is 12.3 Å². The summed E-state index contributed by atoms with van der Waals surface area (Å²) in [5.74, 6) is 0.386. The molecule has 1 aliphatic rings. The summed E-state index contributed by atoms with van der Waals surface area (Å²) in [6.07, 6.45) is -11.8. The van der Waals surface area contributed by atoms with E-state index in [9.17, 15) is 22.0 Å². The molecular weight excluding hydrogens is 673 g/mol. The number of hydrogen-bond donors (Lipinski definition) is 5. The van der Waals surface area contributed by atoms with Crippen LogP contribution in [0.2, 0.25) is 0 Å². The van der Waals surface area contributed by atoms with Crippen LogP contribution in [-0.2, 0) is 16.0 Å². The van der Waals surface area contributed by atoms with E-state index in [1.54, 1.807) is 19.2 Å². The maximum Gasteiger partial charge on any atom is 0.499 e. The van der Waals surface area contributed by atoms with E-state index in [4.69, 9.17) is 32.2 Å². The van der Waals surface area contributed by atoms with E-state index >= 15 is 0 Å². The van der Waals surface area contributed by atoms with Crippen molar-refractivity contribution in [2.45, 2.75) is 44.9 Å². The van der Waals surface area contributed by atoms with Gasteiger partial charge in [-0.2, -0.15) is 26.9 Å². The number of aliphatic imine (C=N–C) groups is 2. The molecule has 0 atom stereocenters. The Morgan fingerprint density at radius 1 is 0.959 bits per heavy atom. The molecule has 1 heterocycles. The van der Waals surface area contributed by atoms with Crippen LogP contribution in [0, 0.1) is 0 Å². The zero-order chi connectivity index (χ0) is 35.6. The minimum Gasteiger partial charge on any atom is -0.497 e. The van der Waals surface area contributed by atoms with Crippen molar-refractivity contribution in [3.05, 3.63) is 83.4 Å². The second kappa shape index (κ2) is 16.7. The van der Waals surface area contributed by atoms with E-state index < -0.39 is 24.3 Å². The van der Waals surface area contributed by atoms with Gasteiger partial charge in [0, 0.05) is 29.5 Å². The van der Waals surface area contributed by atoms with E-state index in [-0.39, 0.29) is 29.9 Å². The summed E-state index contributed by atoms with van der Waals surface area (Å²) in [4.78, 5) is 8.72. The van der Waals surface area contributed by atoms with E-state index in [2.05, 4.69) is 50.1 Å². The van der Waals surface area contributed by atoms with Gasteiger partial charge < -0.3 is 35.3 Å². The molecule has 3 aromatic carbocycles. The van der Waals surface area contributed by atoms with Crippen molar-refractivity contribution < 1.29 is 40.9 Å². The van der Waals surface area contributed by atoms with E-state index in [0.29, 0.717) is 36.2 Å². The fourth-order valence-electron chi connectivity index (χ4n) is 4.34. The Hall–Kier alpha value is -4.58. The van der Waals surface area contributed by atoms with Crippen molar-refractivity contribution in [3.8, 4) is 11.5 Å². The number of guanidine groups is 1. The molecule has 4 rings (SSSR count). The monoisotopic (exact) mass is 709 g/mol. The first-order valence-electron chi connectivity index (χ1n) is 14.9.